The van der Waals surface area contributed by atoms with Crippen LogP contribution in [0.4, 0.5) is 0 Å². The van der Waals surface area contributed by atoms with Gasteiger partial charge in [-0.25, -0.2) is 0 Å². The Hall–Kier alpha value is -3.52. The molecule has 1 fully saturated rings. The number of carbonyl (C=O) groups is 1. The smallest absolute Gasteiger partial charge is 0.240 e. The zero-order valence-electron chi connectivity index (χ0n) is 12.1. The van der Waals surface area contributed by atoms with E-state index in [0.29, 0.717) is 5.56 Å². The molecule has 0 aliphatic heterocycles. The molecule has 24 heavy (non-hydrogen) atoms. The molecular weight excluding hydrogens is 328 g/mol. The van der Waals surface area contributed by atoms with Crippen LogP contribution in [0.5, 0.6) is 0 Å². The summed E-state index contributed by atoms with van der Waals surface area (Å²) in [6, 6.07) is 13.0. The van der Waals surface area contributed by atoms with Crippen molar-refractivity contribution in [2.45, 2.75) is 5.92 Å². The van der Waals surface area contributed by atoms with Crippen molar-refractivity contribution < 1.29 is 4.79 Å². The van der Waals surface area contributed by atoms with Gasteiger partial charge in [0.05, 0.1) is 17.8 Å². The van der Waals surface area contributed by atoms with Crippen LogP contribution in [0.3, 0.4) is 0 Å². The molecule has 7 nitrogen and oxygen atoms in total. The van der Waals surface area contributed by atoms with Crippen molar-refractivity contribution in [2.24, 2.45) is 22.3 Å². The molecule has 1 aliphatic rings. The Balaban J connectivity index is 2.88. The second-order valence-electron chi connectivity index (χ2n) is 5.17. The molecule has 0 radical (unpaired) electrons. The van der Waals surface area contributed by atoms with Gasteiger partial charge in [-0.1, -0.05) is 29.8 Å². The van der Waals surface area contributed by atoms with E-state index < -0.39 is 33.9 Å². The maximum atomic E-state index is 12.0. The van der Waals surface area contributed by atoms with E-state index in [1.165, 1.54) is 12.1 Å². The molecule has 8 heteroatoms. The topological polar surface area (TPSA) is 164 Å². The van der Waals surface area contributed by atoms with Gasteiger partial charge in [-0.3, -0.25) is 4.79 Å². The fourth-order valence-corrected chi connectivity index (χ4v) is 3.36. The number of amides is 1. The lowest BCUT2D eigenvalue weighted by Crippen LogP contribution is -2.32. The number of nitrogens with two attached hydrogens (primary N) is 2. The highest BCUT2D eigenvalue weighted by Crippen LogP contribution is 2.76. The summed E-state index contributed by atoms with van der Waals surface area (Å²) in [6.07, 6.45) is 0. The number of primary amides is 1. The van der Waals surface area contributed by atoms with Gasteiger partial charge in [0.1, 0.15) is 23.1 Å². The highest BCUT2D eigenvalue weighted by atomic mass is 35.5. The molecule has 0 spiro atoms. The molecule has 0 saturated heterocycles. The van der Waals surface area contributed by atoms with Gasteiger partial charge in [0.2, 0.25) is 5.91 Å². The zero-order valence-corrected chi connectivity index (χ0v) is 12.9. The van der Waals surface area contributed by atoms with Gasteiger partial charge in [-0.15, -0.1) is 0 Å². The maximum Gasteiger partial charge on any atom is 0.240 e. The van der Waals surface area contributed by atoms with E-state index in [0.717, 1.165) is 0 Å². The zero-order chi connectivity index (χ0) is 18.1. The van der Waals surface area contributed by atoms with Gasteiger partial charge in [0.25, 0.3) is 0 Å². The van der Waals surface area contributed by atoms with Crippen LogP contribution in [0.25, 0.3) is 0 Å². The third-order valence-electron chi connectivity index (χ3n) is 4.28. The van der Waals surface area contributed by atoms with E-state index in [-0.39, 0.29) is 5.02 Å². The number of rotatable bonds is 3. The van der Waals surface area contributed by atoms with Crippen molar-refractivity contribution >= 4 is 17.5 Å². The van der Waals surface area contributed by atoms with Gasteiger partial charge < -0.3 is 11.5 Å². The van der Waals surface area contributed by atoms with E-state index in [9.17, 15) is 15.3 Å². The van der Waals surface area contributed by atoms with Gasteiger partial charge in [0.15, 0.2) is 5.41 Å². The van der Waals surface area contributed by atoms with E-state index in [1.54, 1.807) is 30.3 Å². The minimum atomic E-state index is -2.02. The van der Waals surface area contributed by atoms with Crippen LogP contribution in [-0.4, -0.2) is 5.91 Å². The molecule has 2 rings (SSSR count). The van der Waals surface area contributed by atoms with Crippen molar-refractivity contribution in [2.75, 3.05) is 0 Å². The lowest BCUT2D eigenvalue weighted by atomic mass is 9.89. The third kappa shape index (κ3) is 1.77. The molecule has 1 aliphatic carbocycles. The van der Waals surface area contributed by atoms with Crippen LogP contribution >= 0.6 is 11.6 Å². The lowest BCUT2D eigenvalue weighted by Gasteiger charge is -2.11. The first-order valence-electron chi connectivity index (χ1n) is 6.56. The Kier molecular flexibility index (Phi) is 3.93. The number of hydrogen-bond acceptors (Lipinski definition) is 6. The summed E-state index contributed by atoms with van der Waals surface area (Å²) in [5.41, 5.74) is 6.62. The highest BCUT2D eigenvalue weighted by Gasteiger charge is 2.84. The molecule has 0 unspecified atom stereocenters. The van der Waals surface area contributed by atoms with Crippen LogP contribution in [0.1, 0.15) is 11.5 Å². The van der Waals surface area contributed by atoms with Gasteiger partial charge >= 0.3 is 0 Å². The van der Waals surface area contributed by atoms with Crippen molar-refractivity contribution in [3.05, 3.63) is 46.1 Å². The quantitative estimate of drug-likeness (QED) is 0.787. The second-order valence-corrected chi connectivity index (χ2v) is 5.58. The monoisotopic (exact) mass is 336 g/mol. The normalized spacial score (nSPS) is 26.8. The van der Waals surface area contributed by atoms with Crippen LogP contribution < -0.4 is 11.5 Å². The van der Waals surface area contributed by atoms with Crippen molar-refractivity contribution in [3.63, 3.8) is 0 Å². The number of carbonyl (C=O) groups excluding carboxylic acids is 1. The number of allylic oxidation sites excluding steroid dienone is 2. The summed E-state index contributed by atoms with van der Waals surface area (Å²) in [6.45, 7) is 0. The Bertz CT molecular complexity index is 925. The van der Waals surface area contributed by atoms with Gasteiger partial charge in [0, 0.05) is 10.9 Å². The summed E-state index contributed by atoms with van der Waals surface area (Å²) in [7, 11) is 0. The highest BCUT2D eigenvalue weighted by molar-refractivity contribution is 6.31. The molecule has 1 aromatic carbocycles. The van der Waals surface area contributed by atoms with E-state index in [1.807, 2.05) is 6.07 Å². The molecule has 1 amide bonds. The van der Waals surface area contributed by atoms with Crippen molar-refractivity contribution in [1.82, 2.24) is 0 Å². The van der Waals surface area contributed by atoms with E-state index in [2.05, 4.69) is 0 Å². The first-order chi connectivity index (χ1) is 11.4. The average Bonchev–Trinajstić information content (AvgIpc) is 3.20. The Labute approximate surface area is 142 Å². The third-order valence-corrected chi connectivity index (χ3v) is 4.62. The Morgan fingerprint density at radius 2 is 1.58 bits per heavy atom. The van der Waals surface area contributed by atoms with Crippen LogP contribution in [0.2, 0.25) is 5.02 Å². The molecular formula is C16H9ClN6O. The molecule has 0 aromatic heterocycles. The number of nitriles is 4. The number of hydrogen-bond donors (Lipinski definition) is 2. The largest absolute Gasteiger partial charge is 0.399 e. The molecule has 0 bridgehead atoms. The lowest BCUT2D eigenvalue weighted by molar-refractivity contribution is -0.122. The standard InChI is InChI=1S/C16H9ClN6O/c17-11-4-2-1-3-10(11)12-15(7-20,13(22)9(5-18)6-19)16(12,8-21)14(23)24/h1-4,12H,22H2,(H2,23,24)/t12-,15-,16-/m1/s1. The van der Waals surface area contributed by atoms with Gasteiger partial charge in [-0.2, -0.15) is 21.0 Å². The first kappa shape index (κ1) is 16.8. The number of nitrogens with zero attached hydrogens (tertiary/aromatic N) is 4. The summed E-state index contributed by atoms with van der Waals surface area (Å²) in [5.74, 6) is -2.16. The summed E-state index contributed by atoms with van der Waals surface area (Å²) >= 11 is 6.13. The molecule has 4 N–H and O–H groups in total. The summed E-state index contributed by atoms with van der Waals surface area (Å²) < 4.78 is 0. The van der Waals surface area contributed by atoms with Crippen LogP contribution in [0.15, 0.2) is 35.5 Å². The fraction of sp³-hybridized carbons (Fsp3) is 0.188. The van der Waals surface area contributed by atoms with E-state index in [4.69, 9.17) is 33.6 Å². The molecule has 116 valence electrons. The Morgan fingerprint density at radius 1 is 1.04 bits per heavy atom. The minimum Gasteiger partial charge on any atom is -0.399 e. The van der Waals surface area contributed by atoms with Crippen LogP contribution in [0, 0.1) is 56.2 Å². The SMILES string of the molecule is N#CC(C#N)=C(N)[C@@]1(C#N)[C@@H](c2ccccc2Cl)[C@]1(C#N)C(N)=O. The molecule has 1 aromatic rings. The fourth-order valence-electron chi connectivity index (χ4n) is 3.12. The Morgan fingerprint density at radius 3 is 2.00 bits per heavy atom. The van der Waals surface area contributed by atoms with Gasteiger partial charge in [-0.05, 0) is 11.6 Å². The van der Waals surface area contributed by atoms with Crippen LogP contribution in [-0.2, 0) is 4.79 Å². The first-order valence-corrected chi connectivity index (χ1v) is 6.94. The van der Waals surface area contributed by atoms with Crippen molar-refractivity contribution in [1.29, 1.82) is 21.0 Å². The van der Waals surface area contributed by atoms with E-state index >= 15 is 0 Å². The summed E-state index contributed by atoms with van der Waals surface area (Å²) in [4.78, 5) is 12.0. The molecule has 1 saturated carbocycles. The number of benzene rings is 1. The van der Waals surface area contributed by atoms with Crippen molar-refractivity contribution in [3.8, 4) is 24.3 Å². The average molecular weight is 337 g/mol. The number of halogens is 1. The minimum absolute atomic E-state index is 0.212. The predicted molar refractivity (Wildman–Crippen MR) is 81.9 cm³/mol. The molecule has 3 atom stereocenters. The maximum absolute atomic E-state index is 12.0. The predicted octanol–water partition coefficient (Wildman–Crippen LogP) is 1.20. The summed E-state index contributed by atoms with van der Waals surface area (Å²) in [5, 5.41) is 37.6. The molecule has 0 heterocycles. The second kappa shape index (κ2) is 5.60.